The highest BCUT2D eigenvalue weighted by Crippen LogP contribution is 1.90. The highest BCUT2D eigenvalue weighted by molar-refractivity contribution is 4.56. The van der Waals surface area contributed by atoms with Gasteiger partial charge in [-0.25, -0.2) is 0 Å². The van der Waals surface area contributed by atoms with Crippen molar-refractivity contribution in [3.63, 3.8) is 0 Å². The maximum Gasteiger partial charge on any atom is 0.0963 e. The Hall–Kier alpha value is -0.0800. The van der Waals surface area contributed by atoms with Crippen LogP contribution in [-0.2, 0) is 4.74 Å². The summed E-state index contributed by atoms with van der Waals surface area (Å²) in [6, 6.07) is 1.13. The molecule has 1 fully saturated rings. The molecule has 1 heterocycles. The molecule has 2 atom stereocenters. The van der Waals surface area contributed by atoms with Crippen LogP contribution in [0.15, 0.2) is 0 Å². The van der Waals surface area contributed by atoms with E-state index in [1.165, 1.54) is 4.90 Å². The van der Waals surface area contributed by atoms with Gasteiger partial charge in [-0.2, -0.15) is 7.05 Å². The first-order chi connectivity index (χ1) is 4.22. The van der Waals surface area contributed by atoms with Crippen molar-refractivity contribution in [2.75, 3.05) is 13.2 Å². The summed E-state index contributed by atoms with van der Waals surface area (Å²) in [7, 11) is 4.00. The van der Waals surface area contributed by atoms with Gasteiger partial charge in [0.15, 0.2) is 0 Å². The van der Waals surface area contributed by atoms with Crippen molar-refractivity contribution < 1.29 is 9.64 Å². The summed E-state index contributed by atoms with van der Waals surface area (Å²) < 4.78 is 5.30. The average Bonchev–Trinajstić information content (AvgIpc) is 1.83. The lowest BCUT2D eigenvalue weighted by Crippen LogP contribution is -3.16. The third-order valence-electron chi connectivity index (χ3n) is 2.00. The molecule has 0 saturated carbocycles. The lowest BCUT2D eigenvalue weighted by Gasteiger charge is -2.38. The molecule has 1 rings (SSSR count). The topological polar surface area (TPSA) is 13.7 Å². The Morgan fingerprint density at radius 1 is 1.33 bits per heavy atom. The monoisotopic (exact) mass is 129 g/mol. The van der Waals surface area contributed by atoms with Crippen molar-refractivity contribution in [3.8, 4) is 0 Å². The molecule has 2 nitrogen and oxygen atoms in total. The van der Waals surface area contributed by atoms with Gasteiger partial charge >= 0.3 is 0 Å². The standard InChI is InChI=1S/C7H15NO/c1-6-4-9-5-7(2)8(6)3/h6-8H,3-5H2,1-2H3/t6-,7-/m0/s1. The van der Waals surface area contributed by atoms with E-state index in [4.69, 9.17) is 4.74 Å². The zero-order valence-corrected chi connectivity index (χ0v) is 6.18. The predicted molar refractivity (Wildman–Crippen MR) is 36.1 cm³/mol. The number of nitrogens with one attached hydrogen (secondary N) is 1. The van der Waals surface area contributed by atoms with Gasteiger partial charge in [0.25, 0.3) is 0 Å². The van der Waals surface area contributed by atoms with Crippen LogP contribution in [0.3, 0.4) is 0 Å². The highest BCUT2D eigenvalue weighted by Gasteiger charge is 2.20. The van der Waals surface area contributed by atoms with Crippen molar-refractivity contribution in [1.29, 1.82) is 0 Å². The molecule has 0 radical (unpaired) electrons. The second kappa shape index (κ2) is 2.67. The van der Waals surface area contributed by atoms with Crippen LogP contribution in [0.4, 0.5) is 0 Å². The summed E-state index contributed by atoms with van der Waals surface area (Å²) in [6.07, 6.45) is 0. The number of rotatable bonds is 0. The van der Waals surface area contributed by atoms with E-state index in [2.05, 4.69) is 20.9 Å². The average molecular weight is 129 g/mol. The van der Waals surface area contributed by atoms with Crippen molar-refractivity contribution in [3.05, 3.63) is 7.05 Å². The first-order valence-electron chi connectivity index (χ1n) is 3.48. The quantitative estimate of drug-likeness (QED) is 0.434. The van der Waals surface area contributed by atoms with Crippen LogP contribution < -0.4 is 4.90 Å². The van der Waals surface area contributed by atoms with Crippen molar-refractivity contribution in [2.45, 2.75) is 25.9 Å². The zero-order valence-electron chi connectivity index (χ0n) is 6.18. The first kappa shape index (κ1) is 7.03. The molecule has 0 aromatic rings. The Kier molecular flexibility index (Phi) is 2.09. The molecule has 0 bridgehead atoms. The fourth-order valence-electron chi connectivity index (χ4n) is 1.12. The molecule has 9 heavy (non-hydrogen) atoms. The Bertz CT molecular complexity index is 84.9. The Balaban J connectivity index is 2.41. The summed E-state index contributed by atoms with van der Waals surface area (Å²) in [5, 5.41) is 0. The first-order valence-corrected chi connectivity index (χ1v) is 3.48. The van der Waals surface area contributed by atoms with Gasteiger partial charge in [0, 0.05) is 0 Å². The van der Waals surface area contributed by atoms with Crippen LogP contribution >= 0.6 is 0 Å². The summed E-state index contributed by atoms with van der Waals surface area (Å²) >= 11 is 0. The van der Waals surface area contributed by atoms with Gasteiger partial charge in [-0.05, 0) is 13.8 Å². The van der Waals surface area contributed by atoms with Crippen molar-refractivity contribution in [2.24, 2.45) is 0 Å². The van der Waals surface area contributed by atoms with Crippen LogP contribution in [-0.4, -0.2) is 25.3 Å². The molecule has 0 aliphatic carbocycles. The second-order valence-corrected chi connectivity index (χ2v) is 2.91. The normalized spacial score (nSPS) is 39.0. The second-order valence-electron chi connectivity index (χ2n) is 2.91. The van der Waals surface area contributed by atoms with Crippen LogP contribution in [0.25, 0.3) is 0 Å². The summed E-state index contributed by atoms with van der Waals surface area (Å²) in [5.74, 6) is 0. The van der Waals surface area contributed by atoms with Crippen molar-refractivity contribution in [1.82, 2.24) is 0 Å². The van der Waals surface area contributed by atoms with Gasteiger partial charge in [0.2, 0.25) is 0 Å². The number of morpholine rings is 1. The van der Waals surface area contributed by atoms with Gasteiger partial charge < -0.3 is 9.64 Å². The third kappa shape index (κ3) is 1.43. The Morgan fingerprint density at radius 3 is 2.11 bits per heavy atom. The molecule has 0 unspecified atom stereocenters. The lowest BCUT2D eigenvalue weighted by molar-refractivity contribution is -0.912. The zero-order chi connectivity index (χ0) is 6.85. The number of hydrogen-bond acceptors (Lipinski definition) is 1. The third-order valence-corrected chi connectivity index (χ3v) is 2.00. The fourth-order valence-corrected chi connectivity index (χ4v) is 1.12. The molecule has 1 aliphatic heterocycles. The van der Waals surface area contributed by atoms with Gasteiger partial charge in [0.05, 0.1) is 25.3 Å². The van der Waals surface area contributed by atoms with Crippen LogP contribution in [0.5, 0.6) is 0 Å². The van der Waals surface area contributed by atoms with Gasteiger partial charge in [-0.3, -0.25) is 0 Å². The minimum Gasteiger partial charge on any atom is -0.460 e. The molecule has 54 valence electrons. The maximum absolute atomic E-state index is 5.30. The smallest absolute Gasteiger partial charge is 0.0963 e. The van der Waals surface area contributed by atoms with Crippen LogP contribution in [0.1, 0.15) is 13.8 Å². The molecule has 0 amide bonds. The molecule has 0 spiro atoms. The number of ether oxygens (including phenoxy) is 1. The Labute approximate surface area is 56.8 Å². The molecule has 1 aliphatic rings. The summed E-state index contributed by atoms with van der Waals surface area (Å²) in [5.41, 5.74) is 0. The molecule has 1 N–H and O–H groups in total. The molecule has 0 aromatic carbocycles. The molecular formula is C7H15NO. The molecule has 1 saturated heterocycles. The summed E-state index contributed by atoms with van der Waals surface area (Å²) in [6.45, 7) is 6.06. The van der Waals surface area contributed by atoms with Gasteiger partial charge in [-0.15, -0.1) is 0 Å². The fraction of sp³-hybridized carbons (Fsp3) is 0.857. The van der Waals surface area contributed by atoms with E-state index in [0.29, 0.717) is 12.1 Å². The molecule has 2 heteroatoms. The Morgan fingerprint density at radius 2 is 1.78 bits per heavy atom. The lowest BCUT2D eigenvalue weighted by atomic mass is 10.2. The number of quaternary nitrogens is 1. The van der Waals surface area contributed by atoms with Crippen LogP contribution in [0, 0.1) is 7.05 Å². The van der Waals surface area contributed by atoms with Gasteiger partial charge in [-0.1, -0.05) is 0 Å². The van der Waals surface area contributed by atoms with E-state index in [1.54, 1.807) is 0 Å². The predicted octanol–water partition coefficient (Wildman–Crippen LogP) is -0.530. The minimum absolute atomic E-state index is 0.564. The van der Waals surface area contributed by atoms with E-state index < -0.39 is 0 Å². The van der Waals surface area contributed by atoms with Gasteiger partial charge in [0.1, 0.15) is 0 Å². The SMILES string of the molecule is [CH2-][NH+]1[C@@H](C)COC[C@@H]1C. The van der Waals surface area contributed by atoms with E-state index in [9.17, 15) is 0 Å². The summed E-state index contributed by atoms with van der Waals surface area (Å²) in [4.78, 5) is 1.35. The largest absolute Gasteiger partial charge is 0.460 e. The molecular weight excluding hydrogens is 114 g/mol. The van der Waals surface area contributed by atoms with E-state index in [0.717, 1.165) is 13.2 Å². The van der Waals surface area contributed by atoms with Crippen LogP contribution in [0.2, 0.25) is 0 Å². The molecule has 0 aromatic heterocycles. The minimum atomic E-state index is 0.564. The van der Waals surface area contributed by atoms with E-state index in [1.807, 2.05) is 0 Å². The van der Waals surface area contributed by atoms with E-state index in [-0.39, 0.29) is 0 Å². The maximum atomic E-state index is 5.30. The van der Waals surface area contributed by atoms with E-state index >= 15 is 0 Å². The van der Waals surface area contributed by atoms with Crippen molar-refractivity contribution >= 4 is 0 Å². The number of hydrogen-bond donors (Lipinski definition) is 1. The highest BCUT2D eigenvalue weighted by atomic mass is 16.5.